The van der Waals surface area contributed by atoms with Crippen LogP contribution in [0.2, 0.25) is 0 Å². The molecule has 2 aromatic rings. The summed E-state index contributed by atoms with van der Waals surface area (Å²) >= 11 is 0. The normalized spacial score (nSPS) is 15.2. The van der Waals surface area contributed by atoms with Gasteiger partial charge in [0.15, 0.2) is 17.6 Å². The molecular weight excluding hydrogens is 332 g/mol. The van der Waals surface area contributed by atoms with Gasteiger partial charge >= 0.3 is 0 Å². The van der Waals surface area contributed by atoms with Crippen molar-refractivity contribution in [2.45, 2.75) is 6.10 Å². The summed E-state index contributed by atoms with van der Waals surface area (Å²) in [7, 11) is 3.32. The molecule has 6 heteroatoms. The van der Waals surface area contributed by atoms with E-state index < -0.39 is 0 Å². The maximum atomic E-state index is 12.4. The monoisotopic (exact) mass is 354 g/mol. The molecule has 0 saturated heterocycles. The van der Waals surface area contributed by atoms with Crippen molar-refractivity contribution in [3.05, 3.63) is 60.2 Å². The lowest BCUT2D eigenvalue weighted by molar-refractivity contribution is -0.131. The number of carbonyl (C=O) groups excluding carboxylic acids is 2. The van der Waals surface area contributed by atoms with Crippen molar-refractivity contribution in [2.24, 2.45) is 0 Å². The number of rotatable bonds is 5. The summed E-state index contributed by atoms with van der Waals surface area (Å²) in [5, 5.41) is 0. The Balaban J connectivity index is 1.53. The maximum Gasteiger partial charge on any atom is 0.254 e. The first-order chi connectivity index (χ1) is 12.5. The van der Waals surface area contributed by atoms with Gasteiger partial charge in [0.1, 0.15) is 6.61 Å². The van der Waals surface area contributed by atoms with Crippen LogP contribution >= 0.6 is 0 Å². The fraction of sp³-hybridized carbons (Fsp3) is 0.300. The predicted molar refractivity (Wildman–Crippen MR) is 97.4 cm³/mol. The van der Waals surface area contributed by atoms with Crippen molar-refractivity contribution in [3.8, 4) is 11.5 Å². The lowest BCUT2D eigenvalue weighted by Gasteiger charge is -2.30. The van der Waals surface area contributed by atoms with E-state index in [1.54, 1.807) is 43.3 Å². The number of likely N-dealkylation sites (N-methyl/N-ethyl adjacent to an activating group) is 2. The van der Waals surface area contributed by atoms with Gasteiger partial charge in [-0.05, 0) is 24.3 Å². The van der Waals surface area contributed by atoms with Gasteiger partial charge in [-0.3, -0.25) is 9.59 Å². The molecule has 6 nitrogen and oxygen atoms in total. The van der Waals surface area contributed by atoms with Crippen LogP contribution in [0.25, 0.3) is 0 Å². The van der Waals surface area contributed by atoms with Crippen molar-refractivity contribution in [1.29, 1.82) is 0 Å². The lowest BCUT2D eigenvalue weighted by atomic mass is 10.2. The van der Waals surface area contributed by atoms with E-state index >= 15 is 0 Å². The van der Waals surface area contributed by atoms with Crippen molar-refractivity contribution in [2.75, 3.05) is 33.8 Å². The van der Waals surface area contributed by atoms with Crippen molar-refractivity contribution in [3.63, 3.8) is 0 Å². The van der Waals surface area contributed by atoms with Crippen LogP contribution in [0.5, 0.6) is 11.5 Å². The van der Waals surface area contributed by atoms with Crippen LogP contribution in [-0.4, -0.2) is 61.5 Å². The first kappa shape index (κ1) is 17.8. The highest BCUT2D eigenvalue weighted by Gasteiger charge is 2.24. The first-order valence-corrected chi connectivity index (χ1v) is 8.47. The standard InChI is InChI=1S/C20H22N2O4/c1-21(12-16-14-25-17-10-6-7-11-18(17)26-16)19(23)13-22(2)20(24)15-8-4-3-5-9-15/h3-11,16H,12-14H2,1-2H3. The number of hydrogen-bond acceptors (Lipinski definition) is 4. The third kappa shape index (κ3) is 4.14. The van der Waals surface area contributed by atoms with Gasteiger partial charge in [0.2, 0.25) is 5.91 Å². The van der Waals surface area contributed by atoms with Crippen LogP contribution in [0.3, 0.4) is 0 Å². The third-order valence-electron chi connectivity index (χ3n) is 4.21. The average molecular weight is 354 g/mol. The van der Waals surface area contributed by atoms with Gasteiger partial charge in [-0.2, -0.15) is 0 Å². The van der Waals surface area contributed by atoms with Crippen molar-refractivity contribution < 1.29 is 19.1 Å². The molecule has 2 amide bonds. The number of para-hydroxylation sites is 2. The number of nitrogens with zero attached hydrogens (tertiary/aromatic N) is 2. The molecule has 1 heterocycles. The first-order valence-electron chi connectivity index (χ1n) is 8.47. The molecule has 1 unspecified atom stereocenters. The minimum Gasteiger partial charge on any atom is -0.486 e. The van der Waals surface area contributed by atoms with Gasteiger partial charge in [-0.15, -0.1) is 0 Å². The predicted octanol–water partition coefficient (Wildman–Crippen LogP) is 2.06. The van der Waals surface area contributed by atoms with Gasteiger partial charge in [-0.1, -0.05) is 30.3 Å². The second-order valence-corrected chi connectivity index (χ2v) is 6.30. The molecule has 3 rings (SSSR count). The van der Waals surface area contributed by atoms with Crippen LogP contribution in [0.15, 0.2) is 54.6 Å². The van der Waals surface area contributed by atoms with Gasteiger partial charge in [0.25, 0.3) is 5.91 Å². The number of hydrogen-bond donors (Lipinski definition) is 0. The molecule has 0 saturated carbocycles. The minimum absolute atomic E-state index is 0.00833. The van der Waals surface area contributed by atoms with E-state index in [0.717, 1.165) is 0 Å². The highest BCUT2D eigenvalue weighted by atomic mass is 16.6. The largest absolute Gasteiger partial charge is 0.486 e. The van der Waals surface area contributed by atoms with Gasteiger partial charge in [-0.25, -0.2) is 0 Å². The third-order valence-corrected chi connectivity index (χ3v) is 4.21. The Morgan fingerprint density at radius 1 is 0.962 bits per heavy atom. The number of ether oxygens (including phenoxy) is 2. The molecule has 1 aliphatic rings. The highest BCUT2D eigenvalue weighted by molar-refractivity contribution is 5.96. The van der Waals surface area contributed by atoms with E-state index in [9.17, 15) is 9.59 Å². The fourth-order valence-corrected chi connectivity index (χ4v) is 2.76. The summed E-state index contributed by atoms with van der Waals surface area (Å²) in [5.41, 5.74) is 0.561. The van der Waals surface area contributed by atoms with Crippen LogP contribution in [0.4, 0.5) is 0 Å². The van der Waals surface area contributed by atoms with Crippen LogP contribution in [0, 0.1) is 0 Å². The maximum absolute atomic E-state index is 12.4. The van der Waals surface area contributed by atoms with Gasteiger partial charge < -0.3 is 19.3 Å². The SMILES string of the molecule is CN(CC1COc2ccccc2O1)C(=O)CN(C)C(=O)c1ccccc1. The molecule has 0 N–H and O–H groups in total. The molecule has 0 fully saturated rings. The quantitative estimate of drug-likeness (QED) is 0.825. The lowest BCUT2D eigenvalue weighted by Crippen LogP contribution is -2.45. The summed E-state index contributed by atoms with van der Waals surface area (Å²) in [4.78, 5) is 27.8. The summed E-state index contributed by atoms with van der Waals surface area (Å²) < 4.78 is 11.5. The van der Waals surface area contributed by atoms with Crippen LogP contribution in [0.1, 0.15) is 10.4 Å². The molecule has 0 aromatic heterocycles. The molecule has 2 aromatic carbocycles. The van der Waals surface area contributed by atoms with Crippen LogP contribution < -0.4 is 9.47 Å². The molecule has 1 atom stereocenters. The van der Waals surface area contributed by atoms with Crippen molar-refractivity contribution >= 4 is 11.8 Å². The summed E-state index contributed by atoms with van der Waals surface area (Å²) in [6.07, 6.45) is -0.242. The second kappa shape index (κ2) is 7.91. The highest BCUT2D eigenvalue weighted by Crippen LogP contribution is 2.30. The summed E-state index contributed by atoms with van der Waals surface area (Å²) in [6, 6.07) is 16.4. The smallest absolute Gasteiger partial charge is 0.254 e. The van der Waals surface area contributed by atoms with E-state index in [2.05, 4.69) is 0 Å². The Morgan fingerprint density at radius 3 is 2.35 bits per heavy atom. The van der Waals surface area contributed by atoms with E-state index in [1.807, 2.05) is 30.3 Å². The summed E-state index contributed by atoms with van der Waals surface area (Å²) in [6.45, 7) is 0.780. The molecule has 0 bridgehead atoms. The molecule has 1 aliphatic heterocycles. The Bertz CT molecular complexity index is 778. The topological polar surface area (TPSA) is 59.1 Å². The number of benzene rings is 2. The molecule has 26 heavy (non-hydrogen) atoms. The van der Waals surface area contributed by atoms with Gasteiger partial charge in [0.05, 0.1) is 13.1 Å². The van der Waals surface area contributed by atoms with E-state index in [1.165, 1.54) is 4.90 Å². The second-order valence-electron chi connectivity index (χ2n) is 6.30. The van der Waals surface area contributed by atoms with E-state index in [0.29, 0.717) is 30.2 Å². The molecular formula is C20H22N2O4. The molecule has 136 valence electrons. The Morgan fingerprint density at radius 2 is 1.62 bits per heavy atom. The minimum atomic E-state index is -0.242. The number of fused-ring (bicyclic) bond motifs is 1. The van der Waals surface area contributed by atoms with Gasteiger partial charge in [0, 0.05) is 19.7 Å². The fourth-order valence-electron chi connectivity index (χ4n) is 2.76. The average Bonchev–Trinajstić information content (AvgIpc) is 2.67. The zero-order valence-corrected chi connectivity index (χ0v) is 14.9. The zero-order valence-electron chi connectivity index (χ0n) is 14.9. The van der Waals surface area contributed by atoms with Crippen LogP contribution in [-0.2, 0) is 4.79 Å². The van der Waals surface area contributed by atoms with E-state index in [-0.39, 0.29) is 24.5 Å². The number of amides is 2. The molecule has 0 spiro atoms. The Kier molecular flexibility index (Phi) is 5.41. The molecule has 0 radical (unpaired) electrons. The van der Waals surface area contributed by atoms with Crippen molar-refractivity contribution in [1.82, 2.24) is 9.80 Å². The molecule has 0 aliphatic carbocycles. The number of carbonyl (C=O) groups is 2. The summed E-state index contributed by atoms with van der Waals surface area (Å²) in [5.74, 6) is 1.06. The Labute approximate surface area is 152 Å². The zero-order chi connectivity index (χ0) is 18.5. The van der Waals surface area contributed by atoms with E-state index in [4.69, 9.17) is 9.47 Å². The Hall–Kier alpha value is -3.02.